The van der Waals surface area contributed by atoms with Crippen molar-refractivity contribution in [2.24, 2.45) is 0 Å². The number of nitrogens with zero attached hydrogens (tertiary/aromatic N) is 3. The van der Waals surface area contributed by atoms with Crippen LogP contribution in [-0.2, 0) is 0 Å². The number of aromatic nitrogens is 4. The number of nitrogens with one attached hydrogen (secondary N) is 2. The molecule has 6 aromatic rings. The number of benzene rings is 3. The normalized spacial score (nSPS) is 14.1. The zero-order chi connectivity index (χ0) is 23.4. The molecule has 0 unspecified atom stereocenters. The Labute approximate surface area is 200 Å². The third-order valence-electron chi connectivity index (χ3n) is 6.65. The summed E-state index contributed by atoms with van der Waals surface area (Å²) in [6.45, 7) is 0. The lowest BCUT2D eigenvalue weighted by molar-refractivity contribution is 0.0945. The summed E-state index contributed by atoms with van der Waals surface area (Å²) in [5.41, 5.74) is 8.47. The second kappa shape index (κ2) is 7.60. The first kappa shape index (κ1) is 19.6. The highest BCUT2D eigenvalue weighted by molar-refractivity contribution is 6.07. The van der Waals surface area contributed by atoms with E-state index in [4.69, 9.17) is 4.98 Å². The molecule has 3 aromatic heterocycles. The third-order valence-corrected chi connectivity index (χ3v) is 6.65. The van der Waals surface area contributed by atoms with E-state index in [-0.39, 0.29) is 11.9 Å². The monoisotopic (exact) mass is 453 g/mol. The van der Waals surface area contributed by atoms with E-state index in [1.807, 2.05) is 54.6 Å². The number of H-pyrrole nitrogens is 1. The first-order chi connectivity index (χ1) is 17.3. The summed E-state index contributed by atoms with van der Waals surface area (Å²) >= 11 is 0. The molecule has 35 heavy (non-hydrogen) atoms. The molecule has 1 atom stereocenters. The molecule has 1 aliphatic rings. The van der Waals surface area contributed by atoms with Crippen molar-refractivity contribution in [1.29, 1.82) is 0 Å². The summed E-state index contributed by atoms with van der Waals surface area (Å²) in [7, 11) is 0. The minimum absolute atomic E-state index is 0.128. The van der Waals surface area contributed by atoms with Crippen LogP contribution in [0.3, 0.4) is 0 Å². The number of hydrogen-bond donors (Lipinski definition) is 2. The van der Waals surface area contributed by atoms with Gasteiger partial charge in [-0.25, -0.2) is 4.98 Å². The van der Waals surface area contributed by atoms with Crippen LogP contribution >= 0.6 is 0 Å². The van der Waals surface area contributed by atoms with Crippen LogP contribution in [0.5, 0.6) is 0 Å². The smallest absolute Gasteiger partial charge is 0.252 e. The maximum absolute atomic E-state index is 13.5. The fourth-order valence-electron chi connectivity index (χ4n) is 5.10. The molecule has 0 spiro atoms. The lowest BCUT2D eigenvalue weighted by atomic mass is 9.98. The molecule has 0 saturated heterocycles. The van der Waals surface area contributed by atoms with Gasteiger partial charge in [0.05, 0.1) is 28.8 Å². The fraction of sp³-hybridized carbons (Fsp3) is 0.0345. The molecule has 6 heteroatoms. The molecule has 3 aromatic carbocycles. The van der Waals surface area contributed by atoms with Crippen LogP contribution in [0.1, 0.15) is 27.5 Å². The highest BCUT2D eigenvalue weighted by atomic mass is 16.1. The zero-order valence-corrected chi connectivity index (χ0v) is 18.6. The second-order valence-corrected chi connectivity index (χ2v) is 8.62. The van der Waals surface area contributed by atoms with E-state index in [0.717, 1.165) is 55.6 Å². The third kappa shape index (κ3) is 3.04. The first-order valence-corrected chi connectivity index (χ1v) is 11.4. The Hall–Kier alpha value is -4.84. The number of rotatable bonds is 3. The van der Waals surface area contributed by atoms with E-state index < -0.39 is 0 Å². The van der Waals surface area contributed by atoms with Crippen LogP contribution in [0, 0.1) is 0 Å². The largest absolute Gasteiger partial charge is 0.341 e. The minimum atomic E-state index is -0.272. The molecule has 0 fully saturated rings. The van der Waals surface area contributed by atoms with Crippen LogP contribution in [0.15, 0.2) is 97.5 Å². The van der Waals surface area contributed by atoms with E-state index in [9.17, 15) is 4.79 Å². The molecule has 3 heterocycles. The Bertz CT molecular complexity index is 1730. The first-order valence-electron chi connectivity index (χ1n) is 11.4. The van der Waals surface area contributed by atoms with Gasteiger partial charge in [-0.15, -0.1) is 0 Å². The number of aromatic amines is 1. The molecule has 0 aliphatic heterocycles. The van der Waals surface area contributed by atoms with Gasteiger partial charge in [0.15, 0.2) is 0 Å². The number of carbonyl (C=O) groups excluding carboxylic acids is 1. The number of amides is 1. The van der Waals surface area contributed by atoms with E-state index in [0.29, 0.717) is 5.56 Å². The van der Waals surface area contributed by atoms with Gasteiger partial charge >= 0.3 is 0 Å². The van der Waals surface area contributed by atoms with Crippen molar-refractivity contribution in [2.75, 3.05) is 0 Å². The lowest BCUT2D eigenvalue weighted by Gasteiger charge is -2.17. The van der Waals surface area contributed by atoms with Gasteiger partial charge < -0.3 is 10.3 Å². The van der Waals surface area contributed by atoms with Crippen molar-refractivity contribution in [3.05, 3.63) is 114 Å². The van der Waals surface area contributed by atoms with Crippen molar-refractivity contribution in [2.45, 2.75) is 6.04 Å². The van der Waals surface area contributed by atoms with Gasteiger partial charge in [0, 0.05) is 28.9 Å². The molecule has 0 radical (unpaired) electrons. The Morgan fingerprint density at radius 1 is 0.800 bits per heavy atom. The van der Waals surface area contributed by atoms with Crippen LogP contribution in [-0.4, -0.2) is 25.8 Å². The van der Waals surface area contributed by atoms with Crippen LogP contribution in [0.25, 0.3) is 44.5 Å². The van der Waals surface area contributed by atoms with Gasteiger partial charge in [0.2, 0.25) is 0 Å². The quantitative estimate of drug-likeness (QED) is 0.361. The van der Waals surface area contributed by atoms with Crippen molar-refractivity contribution in [1.82, 2.24) is 25.3 Å². The molecular weight excluding hydrogens is 434 g/mol. The molecule has 0 saturated carbocycles. The van der Waals surface area contributed by atoms with Crippen molar-refractivity contribution in [3.8, 4) is 22.5 Å². The average Bonchev–Trinajstić information content (AvgIpc) is 3.48. The van der Waals surface area contributed by atoms with Gasteiger partial charge in [-0.05, 0) is 46.5 Å². The van der Waals surface area contributed by atoms with Gasteiger partial charge in [-0.3, -0.25) is 14.8 Å². The summed E-state index contributed by atoms with van der Waals surface area (Å²) in [4.78, 5) is 30.4. The number of hydrogen-bond acceptors (Lipinski definition) is 4. The van der Waals surface area contributed by atoms with Gasteiger partial charge in [-0.1, -0.05) is 54.6 Å². The fourth-order valence-corrected chi connectivity index (χ4v) is 5.10. The average molecular weight is 454 g/mol. The molecule has 7 rings (SSSR count). The van der Waals surface area contributed by atoms with Crippen molar-refractivity contribution < 1.29 is 4.79 Å². The standard InChI is InChI=1S/C29H19N5O/c35-29(20-8-4-12-23-17(20)11-5-14-31-23)34-27-19-7-2-1-6-18(19)26-21(27)9-3-10-22(26)28-32-24-13-15-30-16-25(24)33-28/h1-16,27H,(H,32,33)(H,34,35)/t27-/m0/s1. The van der Waals surface area contributed by atoms with E-state index in [1.54, 1.807) is 18.6 Å². The number of imidazole rings is 1. The lowest BCUT2D eigenvalue weighted by Crippen LogP contribution is -2.28. The maximum atomic E-state index is 13.5. The molecule has 166 valence electrons. The second-order valence-electron chi connectivity index (χ2n) is 8.62. The van der Waals surface area contributed by atoms with Crippen LogP contribution < -0.4 is 5.32 Å². The van der Waals surface area contributed by atoms with Crippen molar-refractivity contribution in [3.63, 3.8) is 0 Å². The molecule has 1 aliphatic carbocycles. The maximum Gasteiger partial charge on any atom is 0.252 e. The highest BCUT2D eigenvalue weighted by Gasteiger charge is 2.32. The Kier molecular flexibility index (Phi) is 4.26. The van der Waals surface area contributed by atoms with Crippen LogP contribution in [0.2, 0.25) is 0 Å². The predicted molar refractivity (Wildman–Crippen MR) is 136 cm³/mol. The molecule has 1 amide bonds. The number of fused-ring (bicyclic) bond motifs is 5. The van der Waals surface area contributed by atoms with E-state index in [1.165, 1.54) is 0 Å². The molecular formula is C29H19N5O. The summed E-state index contributed by atoms with van der Waals surface area (Å²) < 4.78 is 0. The minimum Gasteiger partial charge on any atom is -0.341 e. The van der Waals surface area contributed by atoms with Crippen LogP contribution in [0.4, 0.5) is 0 Å². The summed E-state index contributed by atoms with van der Waals surface area (Å²) in [6.07, 6.45) is 5.26. The van der Waals surface area contributed by atoms with E-state index in [2.05, 4.69) is 44.5 Å². The number of carbonyl (C=O) groups is 1. The number of pyridine rings is 2. The van der Waals surface area contributed by atoms with Gasteiger partial charge in [0.25, 0.3) is 5.91 Å². The Morgan fingerprint density at radius 3 is 2.60 bits per heavy atom. The summed E-state index contributed by atoms with van der Waals surface area (Å²) in [5, 5.41) is 4.13. The molecule has 6 nitrogen and oxygen atoms in total. The van der Waals surface area contributed by atoms with Crippen molar-refractivity contribution >= 4 is 27.8 Å². The van der Waals surface area contributed by atoms with E-state index >= 15 is 0 Å². The zero-order valence-electron chi connectivity index (χ0n) is 18.6. The Morgan fingerprint density at radius 2 is 1.66 bits per heavy atom. The Balaban J connectivity index is 1.36. The summed E-state index contributed by atoms with van der Waals surface area (Å²) in [6, 6.07) is 25.5. The predicted octanol–water partition coefficient (Wildman–Crippen LogP) is 5.67. The van der Waals surface area contributed by atoms with Gasteiger partial charge in [-0.2, -0.15) is 0 Å². The molecule has 0 bridgehead atoms. The summed E-state index contributed by atoms with van der Waals surface area (Å²) in [5.74, 6) is 0.656. The SMILES string of the molecule is O=C(N[C@H]1c2ccccc2-c2c(-c3nc4ccncc4[nH]3)cccc21)c1cccc2ncccc12. The highest BCUT2D eigenvalue weighted by Crippen LogP contribution is 2.47. The topological polar surface area (TPSA) is 83.6 Å². The molecule has 2 N–H and O–H groups in total. The van der Waals surface area contributed by atoms with Gasteiger partial charge in [0.1, 0.15) is 5.82 Å².